The van der Waals surface area contributed by atoms with Gasteiger partial charge in [0, 0.05) is 37.4 Å². The highest BCUT2D eigenvalue weighted by Gasteiger charge is 2.39. The van der Waals surface area contributed by atoms with Crippen LogP contribution in [-0.4, -0.2) is 37.0 Å². The maximum absolute atomic E-state index is 6.11. The van der Waals surface area contributed by atoms with Gasteiger partial charge in [0.2, 0.25) is 0 Å². The number of nitrogens with zero attached hydrogens (tertiary/aromatic N) is 1. The summed E-state index contributed by atoms with van der Waals surface area (Å²) in [4.78, 5) is 3.68. The third kappa shape index (κ3) is 2.51. The lowest BCUT2D eigenvalue weighted by Crippen LogP contribution is -2.44. The maximum Gasteiger partial charge on any atom is 0.170 e. The Morgan fingerprint density at radius 1 is 1.29 bits per heavy atom. The van der Waals surface area contributed by atoms with Gasteiger partial charge in [-0.3, -0.25) is 4.90 Å². The molecule has 3 rings (SSSR count). The van der Waals surface area contributed by atoms with E-state index in [2.05, 4.69) is 4.90 Å². The molecule has 0 bridgehead atoms. The molecular weight excluding hydrogens is 258 g/mol. The van der Waals surface area contributed by atoms with Gasteiger partial charge >= 0.3 is 0 Å². The van der Waals surface area contributed by atoms with Crippen LogP contribution in [0.4, 0.5) is 0 Å². The molecule has 0 radical (unpaired) electrons. The highest BCUT2D eigenvalue weighted by Crippen LogP contribution is 2.32. The molecule has 2 saturated heterocycles. The summed E-state index contributed by atoms with van der Waals surface area (Å²) in [5.41, 5.74) is 0. The highest BCUT2D eigenvalue weighted by molar-refractivity contribution is 7.10. The number of likely N-dealkylation sites (tertiary alicyclic amines) is 1. The van der Waals surface area contributed by atoms with Crippen LogP contribution in [-0.2, 0) is 16.0 Å². The number of halogens is 1. The standard InChI is InChI=1S/C12H16ClNO2S/c13-10-1-8-17-11(10)9-14-4-2-12(3-5-14)15-6-7-16-12/h1,8H,2-7,9H2. The molecule has 0 atom stereocenters. The highest BCUT2D eigenvalue weighted by atomic mass is 35.5. The molecule has 0 saturated carbocycles. The summed E-state index contributed by atoms with van der Waals surface area (Å²) in [5, 5.41) is 2.94. The van der Waals surface area contributed by atoms with Crippen LogP contribution in [0.2, 0.25) is 5.02 Å². The molecule has 0 aromatic carbocycles. The summed E-state index contributed by atoms with van der Waals surface area (Å²) in [6.45, 7) is 4.49. The van der Waals surface area contributed by atoms with Crippen molar-refractivity contribution in [1.29, 1.82) is 0 Å². The molecule has 1 aromatic rings. The minimum absolute atomic E-state index is 0.268. The Morgan fingerprint density at radius 3 is 2.59 bits per heavy atom. The van der Waals surface area contributed by atoms with Crippen molar-refractivity contribution in [2.24, 2.45) is 0 Å². The van der Waals surface area contributed by atoms with Crippen LogP contribution in [0.5, 0.6) is 0 Å². The van der Waals surface area contributed by atoms with E-state index < -0.39 is 0 Å². The molecule has 3 heterocycles. The first-order valence-electron chi connectivity index (χ1n) is 6.00. The van der Waals surface area contributed by atoms with Crippen molar-refractivity contribution in [3.8, 4) is 0 Å². The zero-order valence-electron chi connectivity index (χ0n) is 9.65. The van der Waals surface area contributed by atoms with E-state index in [0.717, 1.165) is 50.7 Å². The smallest absolute Gasteiger partial charge is 0.170 e. The second-order valence-corrected chi connectivity index (χ2v) is 5.98. The van der Waals surface area contributed by atoms with Gasteiger partial charge in [-0.1, -0.05) is 11.6 Å². The summed E-state index contributed by atoms with van der Waals surface area (Å²) in [5.74, 6) is -0.268. The van der Waals surface area contributed by atoms with Crippen LogP contribution in [0.15, 0.2) is 11.4 Å². The summed E-state index contributed by atoms with van der Waals surface area (Å²) in [6.07, 6.45) is 1.94. The molecule has 2 aliphatic heterocycles. The number of piperidine rings is 1. The topological polar surface area (TPSA) is 21.7 Å². The zero-order chi connectivity index (χ0) is 11.7. The molecule has 0 aliphatic carbocycles. The Bertz CT molecular complexity index is 380. The van der Waals surface area contributed by atoms with Gasteiger partial charge in [-0.25, -0.2) is 0 Å². The second kappa shape index (κ2) is 4.86. The molecule has 1 aromatic heterocycles. The van der Waals surface area contributed by atoms with E-state index in [1.165, 1.54) is 4.88 Å². The molecule has 0 unspecified atom stereocenters. The summed E-state index contributed by atoms with van der Waals surface area (Å²) in [6, 6.07) is 1.97. The Balaban J connectivity index is 1.56. The second-order valence-electron chi connectivity index (χ2n) is 4.58. The van der Waals surface area contributed by atoms with Crippen molar-refractivity contribution in [2.45, 2.75) is 25.2 Å². The van der Waals surface area contributed by atoms with Crippen LogP contribution >= 0.6 is 22.9 Å². The van der Waals surface area contributed by atoms with Gasteiger partial charge in [-0.05, 0) is 11.4 Å². The van der Waals surface area contributed by atoms with Crippen LogP contribution in [0, 0.1) is 0 Å². The van der Waals surface area contributed by atoms with Crippen molar-refractivity contribution in [2.75, 3.05) is 26.3 Å². The van der Waals surface area contributed by atoms with E-state index in [1.54, 1.807) is 11.3 Å². The SMILES string of the molecule is Clc1ccsc1CN1CCC2(CC1)OCCO2. The van der Waals surface area contributed by atoms with E-state index in [-0.39, 0.29) is 5.79 Å². The predicted octanol–water partition coefficient (Wildman–Crippen LogP) is 2.74. The lowest BCUT2D eigenvalue weighted by molar-refractivity contribution is -0.185. The summed E-state index contributed by atoms with van der Waals surface area (Å²) >= 11 is 7.84. The van der Waals surface area contributed by atoms with Crippen molar-refractivity contribution in [3.63, 3.8) is 0 Å². The molecular formula is C12H16ClNO2S. The van der Waals surface area contributed by atoms with E-state index >= 15 is 0 Å². The number of rotatable bonds is 2. The maximum atomic E-state index is 6.11. The molecule has 17 heavy (non-hydrogen) atoms. The third-order valence-electron chi connectivity index (χ3n) is 3.49. The molecule has 1 spiro atoms. The van der Waals surface area contributed by atoms with Crippen molar-refractivity contribution < 1.29 is 9.47 Å². The zero-order valence-corrected chi connectivity index (χ0v) is 11.2. The predicted molar refractivity (Wildman–Crippen MR) is 68.5 cm³/mol. The average molecular weight is 274 g/mol. The molecule has 0 N–H and O–H groups in total. The molecule has 3 nitrogen and oxygen atoms in total. The van der Waals surface area contributed by atoms with Gasteiger partial charge in [-0.2, -0.15) is 0 Å². The van der Waals surface area contributed by atoms with Gasteiger partial charge < -0.3 is 9.47 Å². The fraction of sp³-hybridized carbons (Fsp3) is 0.667. The Labute approximate surface area is 110 Å². The molecule has 2 aliphatic rings. The van der Waals surface area contributed by atoms with Gasteiger partial charge in [0.1, 0.15) is 0 Å². The fourth-order valence-corrected chi connectivity index (χ4v) is 3.62. The third-order valence-corrected chi connectivity index (χ3v) is 4.86. The van der Waals surface area contributed by atoms with Crippen LogP contribution in [0.3, 0.4) is 0 Å². The average Bonchev–Trinajstić information content (AvgIpc) is 2.94. The van der Waals surface area contributed by atoms with E-state index in [1.807, 2.05) is 11.4 Å². The van der Waals surface area contributed by atoms with Crippen molar-refractivity contribution in [3.05, 3.63) is 21.3 Å². The van der Waals surface area contributed by atoms with E-state index in [0.29, 0.717) is 0 Å². The Morgan fingerprint density at radius 2 is 2.00 bits per heavy atom. The monoisotopic (exact) mass is 273 g/mol. The first-order chi connectivity index (χ1) is 8.27. The number of hydrogen-bond donors (Lipinski definition) is 0. The fourth-order valence-electron chi connectivity index (χ4n) is 2.48. The van der Waals surface area contributed by atoms with Crippen molar-refractivity contribution in [1.82, 2.24) is 4.90 Å². The number of thiophene rings is 1. The first-order valence-corrected chi connectivity index (χ1v) is 7.25. The lowest BCUT2D eigenvalue weighted by atomic mass is 10.0. The molecule has 2 fully saturated rings. The number of hydrogen-bond acceptors (Lipinski definition) is 4. The number of ether oxygens (including phenoxy) is 2. The largest absolute Gasteiger partial charge is 0.347 e. The Hall–Kier alpha value is -0.130. The van der Waals surface area contributed by atoms with Gasteiger partial charge in [0.25, 0.3) is 0 Å². The van der Waals surface area contributed by atoms with Gasteiger partial charge in [-0.15, -0.1) is 11.3 Å². The first kappa shape index (κ1) is 11.9. The lowest BCUT2D eigenvalue weighted by Gasteiger charge is -2.37. The Kier molecular flexibility index (Phi) is 3.41. The van der Waals surface area contributed by atoms with Crippen LogP contribution < -0.4 is 0 Å². The van der Waals surface area contributed by atoms with Crippen molar-refractivity contribution >= 4 is 22.9 Å². The van der Waals surface area contributed by atoms with E-state index in [4.69, 9.17) is 21.1 Å². The molecule has 0 amide bonds. The minimum atomic E-state index is -0.268. The summed E-state index contributed by atoms with van der Waals surface area (Å²) < 4.78 is 11.4. The normalized spacial score (nSPS) is 24.5. The minimum Gasteiger partial charge on any atom is -0.347 e. The molecule has 94 valence electrons. The van der Waals surface area contributed by atoms with Gasteiger partial charge in [0.15, 0.2) is 5.79 Å². The van der Waals surface area contributed by atoms with Crippen LogP contribution in [0.25, 0.3) is 0 Å². The molecule has 5 heteroatoms. The van der Waals surface area contributed by atoms with E-state index in [9.17, 15) is 0 Å². The quantitative estimate of drug-likeness (QED) is 0.827. The van der Waals surface area contributed by atoms with Gasteiger partial charge in [0.05, 0.1) is 18.2 Å². The van der Waals surface area contributed by atoms with Crippen LogP contribution in [0.1, 0.15) is 17.7 Å². The summed E-state index contributed by atoms with van der Waals surface area (Å²) in [7, 11) is 0.